The zero-order valence-corrected chi connectivity index (χ0v) is 18.4. The fourth-order valence-electron chi connectivity index (χ4n) is 4.98. The number of aryl methyl sites for hydroxylation is 2. The van der Waals surface area contributed by atoms with Gasteiger partial charge in [-0.2, -0.15) is 0 Å². The highest BCUT2D eigenvalue weighted by Gasteiger charge is 2.25. The molecule has 162 valence electrons. The van der Waals surface area contributed by atoms with Crippen molar-refractivity contribution in [3.05, 3.63) is 35.0 Å². The van der Waals surface area contributed by atoms with Crippen LogP contribution in [0.2, 0.25) is 0 Å². The number of H-pyrrole nitrogens is 1. The molecule has 0 bridgehead atoms. The van der Waals surface area contributed by atoms with E-state index in [9.17, 15) is 9.59 Å². The Morgan fingerprint density at radius 1 is 1.00 bits per heavy atom. The molecule has 30 heavy (non-hydrogen) atoms. The number of para-hydroxylation sites is 1. The topological polar surface area (TPSA) is 59.7 Å². The Balaban J connectivity index is 1.47. The summed E-state index contributed by atoms with van der Waals surface area (Å²) in [7, 11) is 0. The highest BCUT2D eigenvalue weighted by molar-refractivity contribution is 6.06. The van der Waals surface area contributed by atoms with Gasteiger partial charge in [-0.05, 0) is 57.6 Å². The van der Waals surface area contributed by atoms with Crippen molar-refractivity contribution in [2.45, 2.75) is 46.0 Å². The minimum Gasteiger partial charge on any atom is -0.358 e. The number of hydrogen-bond acceptors (Lipinski definition) is 3. The Kier molecular flexibility index (Phi) is 6.42. The molecule has 2 aliphatic rings. The van der Waals surface area contributed by atoms with Crippen LogP contribution in [0.5, 0.6) is 0 Å². The van der Waals surface area contributed by atoms with E-state index in [2.05, 4.69) is 16.0 Å². The molecule has 1 aliphatic heterocycles. The van der Waals surface area contributed by atoms with E-state index >= 15 is 0 Å². The number of fused-ring (bicyclic) bond motifs is 3. The van der Waals surface area contributed by atoms with Crippen molar-refractivity contribution in [3.63, 3.8) is 0 Å². The molecule has 6 heteroatoms. The number of nitrogens with one attached hydrogen (secondary N) is 1. The maximum absolute atomic E-state index is 13.4. The number of rotatable bonds is 5. The fraction of sp³-hybridized carbons (Fsp3) is 0.583. The van der Waals surface area contributed by atoms with Gasteiger partial charge in [-0.3, -0.25) is 14.5 Å². The van der Waals surface area contributed by atoms with Crippen molar-refractivity contribution in [3.8, 4) is 0 Å². The van der Waals surface area contributed by atoms with E-state index in [1.807, 2.05) is 35.8 Å². The summed E-state index contributed by atoms with van der Waals surface area (Å²) >= 11 is 0. The maximum atomic E-state index is 13.4. The molecule has 2 aromatic rings. The quantitative estimate of drug-likeness (QED) is 0.824. The molecule has 6 nitrogen and oxygen atoms in total. The highest BCUT2D eigenvalue weighted by Crippen LogP contribution is 2.31. The Bertz CT molecular complexity index is 915. The summed E-state index contributed by atoms with van der Waals surface area (Å²) in [5.41, 5.74) is 4.51. The second kappa shape index (κ2) is 9.21. The van der Waals surface area contributed by atoms with E-state index in [-0.39, 0.29) is 11.8 Å². The molecular weight excluding hydrogens is 376 g/mol. The van der Waals surface area contributed by atoms with E-state index < -0.39 is 0 Å². The SMILES string of the molecule is CCN(CC)C(=O)CN1CCCN(C(=O)c2cccc3c4c([nH]c23)CCCC4)CC1. The summed E-state index contributed by atoms with van der Waals surface area (Å²) in [6.45, 7) is 8.99. The summed E-state index contributed by atoms with van der Waals surface area (Å²) in [5.74, 6) is 0.289. The standard InChI is InChI=1S/C24H34N4O2/c1-3-27(4-2)22(29)17-26-13-8-14-28(16-15-26)24(30)20-11-7-10-19-18-9-5-6-12-21(18)25-23(19)20/h7,10-11,25H,3-6,8-9,12-17H2,1-2H3. The van der Waals surface area contributed by atoms with E-state index in [1.54, 1.807) is 0 Å². The van der Waals surface area contributed by atoms with Gasteiger partial charge in [0.15, 0.2) is 0 Å². The lowest BCUT2D eigenvalue weighted by molar-refractivity contribution is -0.132. The lowest BCUT2D eigenvalue weighted by atomic mass is 9.95. The second-order valence-electron chi connectivity index (χ2n) is 8.51. The van der Waals surface area contributed by atoms with Gasteiger partial charge in [0.1, 0.15) is 0 Å². The zero-order valence-electron chi connectivity index (χ0n) is 18.4. The number of carbonyl (C=O) groups is 2. The first-order chi connectivity index (χ1) is 14.6. The van der Waals surface area contributed by atoms with Crippen LogP contribution in [-0.2, 0) is 17.6 Å². The number of amides is 2. The van der Waals surface area contributed by atoms with Crippen molar-refractivity contribution >= 4 is 22.7 Å². The van der Waals surface area contributed by atoms with E-state index in [0.717, 1.165) is 63.1 Å². The molecule has 1 fully saturated rings. The third-order valence-electron chi connectivity index (χ3n) is 6.71. The highest BCUT2D eigenvalue weighted by atomic mass is 16.2. The number of benzene rings is 1. The summed E-state index contributed by atoms with van der Waals surface area (Å²) < 4.78 is 0. The van der Waals surface area contributed by atoms with Gasteiger partial charge in [0.05, 0.1) is 17.6 Å². The molecule has 1 aromatic heterocycles. The van der Waals surface area contributed by atoms with Gasteiger partial charge in [-0.1, -0.05) is 12.1 Å². The van der Waals surface area contributed by atoms with Gasteiger partial charge < -0.3 is 14.8 Å². The number of aromatic amines is 1. The van der Waals surface area contributed by atoms with Crippen molar-refractivity contribution < 1.29 is 9.59 Å². The fourth-order valence-corrected chi connectivity index (χ4v) is 4.98. The maximum Gasteiger partial charge on any atom is 0.256 e. The van der Waals surface area contributed by atoms with Crippen molar-refractivity contribution in [1.29, 1.82) is 0 Å². The van der Waals surface area contributed by atoms with Crippen LogP contribution >= 0.6 is 0 Å². The molecule has 0 saturated carbocycles. The van der Waals surface area contributed by atoms with Gasteiger partial charge in [0.2, 0.25) is 5.91 Å². The molecule has 0 atom stereocenters. The van der Waals surface area contributed by atoms with Gasteiger partial charge in [-0.25, -0.2) is 0 Å². The van der Waals surface area contributed by atoms with Crippen LogP contribution in [0.15, 0.2) is 18.2 Å². The average Bonchev–Trinajstić information content (AvgIpc) is 2.99. The van der Waals surface area contributed by atoms with Gasteiger partial charge >= 0.3 is 0 Å². The number of likely N-dealkylation sites (N-methyl/N-ethyl adjacent to an activating group) is 1. The Morgan fingerprint density at radius 3 is 2.60 bits per heavy atom. The number of hydrogen-bond donors (Lipinski definition) is 1. The summed E-state index contributed by atoms with van der Waals surface area (Å²) in [5, 5.41) is 1.22. The van der Waals surface area contributed by atoms with Gasteiger partial charge in [-0.15, -0.1) is 0 Å². The van der Waals surface area contributed by atoms with Crippen LogP contribution in [0.1, 0.15) is 54.7 Å². The van der Waals surface area contributed by atoms with Crippen molar-refractivity contribution in [2.75, 3.05) is 45.8 Å². The third-order valence-corrected chi connectivity index (χ3v) is 6.71. The molecule has 1 aliphatic carbocycles. The monoisotopic (exact) mass is 410 g/mol. The molecular formula is C24H34N4O2. The molecule has 1 aromatic carbocycles. The second-order valence-corrected chi connectivity index (χ2v) is 8.51. The Labute approximate surface area is 179 Å². The predicted octanol–water partition coefficient (Wildman–Crippen LogP) is 3.06. The van der Waals surface area contributed by atoms with Crippen molar-refractivity contribution in [1.82, 2.24) is 19.7 Å². The Hall–Kier alpha value is -2.34. The summed E-state index contributed by atoms with van der Waals surface area (Å²) in [6.07, 6.45) is 5.53. The van der Waals surface area contributed by atoms with Crippen LogP contribution < -0.4 is 0 Å². The van der Waals surface area contributed by atoms with Crippen LogP contribution in [0.25, 0.3) is 10.9 Å². The molecule has 0 radical (unpaired) electrons. The molecule has 0 spiro atoms. The third kappa shape index (κ3) is 4.10. The molecule has 2 amide bonds. The van der Waals surface area contributed by atoms with E-state index in [1.165, 1.54) is 29.5 Å². The van der Waals surface area contributed by atoms with E-state index in [4.69, 9.17) is 0 Å². The zero-order chi connectivity index (χ0) is 21.1. The largest absolute Gasteiger partial charge is 0.358 e. The molecule has 1 N–H and O–H groups in total. The lowest BCUT2D eigenvalue weighted by Crippen LogP contribution is -2.42. The normalized spacial score (nSPS) is 17.6. The average molecular weight is 411 g/mol. The van der Waals surface area contributed by atoms with Crippen LogP contribution in [0.4, 0.5) is 0 Å². The molecule has 1 saturated heterocycles. The first kappa shape index (κ1) is 20.9. The Morgan fingerprint density at radius 2 is 1.80 bits per heavy atom. The molecule has 2 heterocycles. The van der Waals surface area contributed by atoms with Crippen LogP contribution in [0, 0.1) is 0 Å². The smallest absolute Gasteiger partial charge is 0.256 e. The first-order valence-corrected chi connectivity index (χ1v) is 11.5. The summed E-state index contributed by atoms with van der Waals surface area (Å²) in [4.78, 5) is 35.5. The van der Waals surface area contributed by atoms with Crippen LogP contribution in [0.3, 0.4) is 0 Å². The number of nitrogens with zero attached hydrogens (tertiary/aromatic N) is 3. The van der Waals surface area contributed by atoms with Crippen LogP contribution in [-0.4, -0.2) is 77.3 Å². The van der Waals surface area contributed by atoms with Gasteiger partial charge in [0, 0.05) is 50.3 Å². The number of carbonyl (C=O) groups excluding carboxylic acids is 2. The first-order valence-electron chi connectivity index (χ1n) is 11.5. The lowest BCUT2D eigenvalue weighted by Gasteiger charge is -2.25. The van der Waals surface area contributed by atoms with E-state index in [0.29, 0.717) is 13.1 Å². The predicted molar refractivity (Wildman–Crippen MR) is 120 cm³/mol. The molecule has 4 rings (SSSR count). The molecule has 0 unspecified atom stereocenters. The van der Waals surface area contributed by atoms with Gasteiger partial charge in [0.25, 0.3) is 5.91 Å². The minimum atomic E-state index is 0.108. The number of aromatic nitrogens is 1. The summed E-state index contributed by atoms with van der Waals surface area (Å²) in [6, 6.07) is 6.13. The minimum absolute atomic E-state index is 0.108. The van der Waals surface area contributed by atoms with Crippen molar-refractivity contribution in [2.24, 2.45) is 0 Å².